The van der Waals surface area contributed by atoms with Crippen LogP contribution in [-0.2, 0) is 4.79 Å². The van der Waals surface area contributed by atoms with E-state index in [1.54, 1.807) is 13.0 Å². The number of halogens is 4. The van der Waals surface area contributed by atoms with Gasteiger partial charge < -0.3 is 25.3 Å². The summed E-state index contributed by atoms with van der Waals surface area (Å²) < 4.78 is 56.8. The molecule has 3 atom stereocenters. The average molecular weight is 580 g/mol. The first-order chi connectivity index (χ1) is 19.6. The van der Waals surface area contributed by atoms with E-state index in [1.807, 2.05) is 0 Å². The summed E-state index contributed by atoms with van der Waals surface area (Å²) in [5, 5.41) is 24.9. The van der Waals surface area contributed by atoms with Crippen LogP contribution in [0.3, 0.4) is 0 Å². The Morgan fingerprint density at radius 1 is 1.10 bits per heavy atom. The highest BCUT2D eigenvalue weighted by Crippen LogP contribution is 2.49. The average Bonchev–Trinajstić information content (AvgIpc) is 3.46. The molecule has 1 aromatic rings. The van der Waals surface area contributed by atoms with Gasteiger partial charge in [-0.15, -0.1) is 0 Å². The number of hydrogen-bond acceptors (Lipinski definition) is 5. The number of hydrogen-bond donors (Lipinski definition) is 3. The smallest absolute Gasteiger partial charge is 0.408 e. The third-order valence-corrected chi connectivity index (χ3v) is 9.68. The van der Waals surface area contributed by atoms with Crippen LogP contribution in [0.25, 0.3) is 5.57 Å². The van der Waals surface area contributed by atoms with E-state index in [2.05, 4.69) is 10.2 Å². The number of piperidine rings is 2. The van der Waals surface area contributed by atoms with Gasteiger partial charge in [-0.25, -0.2) is 4.39 Å². The van der Waals surface area contributed by atoms with Crippen LogP contribution in [0, 0.1) is 30.5 Å². The van der Waals surface area contributed by atoms with Crippen LogP contribution in [0.15, 0.2) is 35.1 Å². The largest absolute Gasteiger partial charge is 0.507 e. The highest BCUT2D eigenvalue weighted by molar-refractivity contribution is 6.05. The number of alkyl halides is 3. The molecule has 0 spiro atoms. The van der Waals surface area contributed by atoms with Crippen LogP contribution >= 0.6 is 0 Å². The lowest BCUT2D eigenvalue weighted by atomic mass is 9.66. The van der Waals surface area contributed by atoms with Crippen molar-refractivity contribution in [2.24, 2.45) is 17.8 Å². The van der Waals surface area contributed by atoms with E-state index >= 15 is 0 Å². The minimum Gasteiger partial charge on any atom is -0.507 e. The highest BCUT2D eigenvalue weighted by Gasteiger charge is 2.50. The van der Waals surface area contributed by atoms with Crippen LogP contribution in [0.5, 0.6) is 0 Å². The van der Waals surface area contributed by atoms with Crippen molar-refractivity contribution in [3.8, 4) is 0 Å². The molecule has 3 heterocycles. The predicted octanol–water partition coefficient (Wildman–Crippen LogP) is 4.98. The Hall–Kier alpha value is -2.43. The lowest BCUT2D eigenvalue weighted by Crippen LogP contribution is -2.46. The van der Waals surface area contributed by atoms with Crippen molar-refractivity contribution in [1.82, 2.24) is 15.1 Å². The van der Waals surface area contributed by atoms with Gasteiger partial charge in [-0.1, -0.05) is 12.1 Å². The van der Waals surface area contributed by atoms with Gasteiger partial charge in [0, 0.05) is 30.8 Å². The third kappa shape index (κ3) is 6.06. The molecular formula is C31H41F4N3O3. The quantitative estimate of drug-likeness (QED) is 0.415. The predicted molar refractivity (Wildman–Crippen MR) is 148 cm³/mol. The van der Waals surface area contributed by atoms with E-state index in [0.29, 0.717) is 18.7 Å². The first-order valence-electron chi connectivity index (χ1n) is 15.0. The van der Waals surface area contributed by atoms with E-state index in [-0.39, 0.29) is 72.6 Å². The molecule has 0 aromatic heterocycles. The number of aliphatic hydroxyl groups excluding tert-OH is 2. The van der Waals surface area contributed by atoms with Gasteiger partial charge in [-0.05, 0) is 112 Å². The number of carbonyl (C=O) groups excluding carboxylic acids is 1. The van der Waals surface area contributed by atoms with Crippen molar-refractivity contribution >= 4 is 11.5 Å². The van der Waals surface area contributed by atoms with E-state index in [9.17, 15) is 32.6 Å². The monoisotopic (exact) mass is 579 g/mol. The Bertz CT molecular complexity index is 1180. The summed E-state index contributed by atoms with van der Waals surface area (Å²) >= 11 is 0. The minimum absolute atomic E-state index is 0.00395. The molecule has 0 bridgehead atoms. The second-order valence-corrected chi connectivity index (χ2v) is 12.0. The number of β-amino-alcohol motifs (C(OH)–C–C–N with tert-alkyl or cyclic N) is 1. The molecule has 226 valence electrons. The van der Waals surface area contributed by atoms with Gasteiger partial charge >= 0.3 is 6.18 Å². The Kier molecular flexibility index (Phi) is 9.11. The summed E-state index contributed by atoms with van der Waals surface area (Å²) in [6.45, 7) is 5.30. The maximum atomic E-state index is 14.8. The Balaban J connectivity index is 1.63. The number of allylic oxidation sites excluding steroid dienone is 1. The van der Waals surface area contributed by atoms with Crippen LogP contribution in [0.1, 0.15) is 56.1 Å². The zero-order chi connectivity index (χ0) is 29.3. The number of nitrogens with one attached hydrogen (secondary N) is 1. The Labute approximate surface area is 239 Å². The van der Waals surface area contributed by atoms with Gasteiger partial charge in [0.15, 0.2) is 0 Å². The number of aliphatic hydroxyl groups is 2. The highest BCUT2D eigenvalue weighted by atomic mass is 19.4. The summed E-state index contributed by atoms with van der Waals surface area (Å²) in [5.74, 6) is -1.34. The molecular weight excluding hydrogens is 538 g/mol. The minimum atomic E-state index is -4.55. The maximum Gasteiger partial charge on any atom is 0.408 e. The molecule has 3 fully saturated rings. The van der Waals surface area contributed by atoms with E-state index in [0.717, 1.165) is 55.8 Å². The fourth-order valence-corrected chi connectivity index (χ4v) is 7.54. The number of likely N-dealkylation sites (tertiary alicyclic amines) is 2. The number of carbonyl (C=O) groups is 1. The molecule has 2 unspecified atom stereocenters. The maximum absolute atomic E-state index is 14.8. The number of rotatable bonds is 6. The first kappa shape index (κ1) is 30.0. The van der Waals surface area contributed by atoms with E-state index < -0.39 is 23.9 Å². The molecule has 10 heteroatoms. The molecule has 1 aliphatic carbocycles. The second kappa shape index (κ2) is 12.4. The van der Waals surface area contributed by atoms with Crippen molar-refractivity contribution < 1.29 is 32.6 Å². The molecule has 3 saturated heterocycles. The fraction of sp³-hybridized carbons (Fsp3) is 0.645. The van der Waals surface area contributed by atoms with E-state index in [1.165, 1.54) is 12.1 Å². The Morgan fingerprint density at radius 2 is 1.85 bits per heavy atom. The second-order valence-electron chi connectivity index (χ2n) is 12.0. The molecule has 4 aliphatic rings. The first-order valence-corrected chi connectivity index (χ1v) is 15.0. The summed E-state index contributed by atoms with van der Waals surface area (Å²) in [7, 11) is 0. The molecule has 5 rings (SSSR count). The lowest BCUT2D eigenvalue weighted by Gasteiger charge is -2.43. The van der Waals surface area contributed by atoms with Gasteiger partial charge in [0.05, 0.1) is 6.61 Å². The topological polar surface area (TPSA) is 76.0 Å². The van der Waals surface area contributed by atoms with Crippen molar-refractivity contribution in [1.29, 1.82) is 0 Å². The van der Waals surface area contributed by atoms with Crippen LogP contribution in [0.4, 0.5) is 17.6 Å². The van der Waals surface area contributed by atoms with Crippen molar-refractivity contribution in [2.75, 3.05) is 45.9 Å². The zero-order valence-electron chi connectivity index (χ0n) is 23.6. The van der Waals surface area contributed by atoms with Crippen molar-refractivity contribution in [2.45, 2.75) is 64.1 Å². The molecule has 41 heavy (non-hydrogen) atoms. The SMILES string of the molecule is Cc1c(F)cccc1C1=C(C(=O)N2CCC[C@H]2C(F)(F)F)CC(C2CCN(CCO)CC2)C(C2CCCNC2)=C1O. The van der Waals surface area contributed by atoms with Gasteiger partial charge in [0.25, 0.3) is 5.91 Å². The van der Waals surface area contributed by atoms with Crippen LogP contribution in [-0.4, -0.2) is 84.0 Å². The van der Waals surface area contributed by atoms with Crippen molar-refractivity contribution in [3.63, 3.8) is 0 Å². The normalized spacial score (nSPS) is 27.2. The number of nitrogens with zero attached hydrogens (tertiary/aromatic N) is 2. The van der Waals surface area contributed by atoms with Gasteiger partial charge in [0.2, 0.25) is 0 Å². The molecule has 0 radical (unpaired) electrons. The van der Waals surface area contributed by atoms with Gasteiger partial charge in [-0.2, -0.15) is 13.2 Å². The molecule has 1 aromatic carbocycles. The van der Waals surface area contributed by atoms with Crippen LogP contribution in [0.2, 0.25) is 0 Å². The molecule has 1 amide bonds. The van der Waals surface area contributed by atoms with Gasteiger partial charge in [0.1, 0.15) is 17.6 Å². The third-order valence-electron chi connectivity index (χ3n) is 9.68. The summed E-state index contributed by atoms with van der Waals surface area (Å²) in [4.78, 5) is 17.2. The Morgan fingerprint density at radius 3 is 2.51 bits per heavy atom. The summed E-state index contributed by atoms with van der Waals surface area (Å²) in [5.41, 5.74) is 1.80. The zero-order valence-corrected chi connectivity index (χ0v) is 23.6. The van der Waals surface area contributed by atoms with Crippen molar-refractivity contribution in [3.05, 3.63) is 52.0 Å². The lowest BCUT2D eigenvalue weighted by molar-refractivity contribution is -0.181. The number of amides is 1. The molecule has 3 N–H and O–H groups in total. The molecule has 3 aliphatic heterocycles. The number of benzene rings is 1. The fourth-order valence-electron chi connectivity index (χ4n) is 7.54. The van der Waals surface area contributed by atoms with E-state index in [4.69, 9.17) is 0 Å². The summed E-state index contributed by atoms with van der Waals surface area (Å²) in [6, 6.07) is 2.60. The molecule has 6 nitrogen and oxygen atoms in total. The standard InChI is InChI=1S/C31H41F4N3O3/c1-19-22(6-2-7-25(19)32)28-24(30(41)38-12-4-8-26(38)31(33,34)35)17-23(20-9-13-37(14-10-20)15-16-39)27(29(28)40)21-5-3-11-36-18-21/h2,6-7,20-21,23,26,36,39-40H,3-5,8-18H2,1H3/t21?,23?,26-/m0/s1. The molecule has 0 saturated carbocycles. The van der Waals surface area contributed by atoms with Gasteiger partial charge in [-0.3, -0.25) is 4.79 Å². The van der Waals surface area contributed by atoms with Crippen LogP contribution < -0.4 is 5.32 Å². The summed E-state index contributed by atoms with van der Waals surface area (Å²) in [6.07, 6.45) is -0.854.